The van der Waals surface area contributed by atoms with Gasteiger partial charge in [0.2, 0.25) is 0 Å². The van der Waals surface area contributed by atoms with E-state index in [0.29, 0.717) is 17.5 Å². The minimum Gasteiger partial charge on any atom is -0.497 e. The molecule has 1 aromatic rings. The highest BCUT2D eigenvalue weighted by Crippen LogP contribution is 2.45. The Kier molecular flexibility index (Phi) is 4.51. The molecule has 1 saturated heterocycles. The van der Waals surface area contributed by atoms with E-state index in [2.05, 4.69) is 41.8 Å². The Morgan fingerprint density at radius 3 is 2.57 bits per heavy atom. The molecule has 0 bridgehead atoms. The Labute approximate surface area is 128 Å². The molecule has 21 heavy (non-hydrogen) atoms. The van der Waals surface area contributed by atoms with Gasteiger partial charge in [-0.1, -0.05) is 18.6 Å². The molecule has 1 spiro atoms. The third-order valence-electron chi connectivity index (χ3n) is 5.57. The zero-order valence-electron chi connectivity index (χ0n) is 13.3. The van der Waals surface area contributed by atoms with Crippen LogP contribution in [0.15, 0.2) is 24.3 Å². The molecule has 1 saturated carbocycles. The third kappa shape index (κ3) is 3.09. The average molecular weight is 288 g/mol. The molecule has 3 nitrogen and oxygen atoms in total. The van der Waals surface area contributed by atoms with Crippen LogP contribution in [0.1, 0.15) is 50.6 Å². The van der Waals surface area contributed by atoms with E-state index in [1.807, 2.05) is 0 Å². The predicted octanol–water partition coefficient (Wildman–Crippen LogP) is 3.27. The lowest BCUT2D eigenvalue weighted by atomic mass is 9.74. The lowest BCUT2D eigenvalue weighted by molar-refractivity contribution is 0.152. The van der Waals surface area contributed by atoms with Gasteiger partial charge in [-0.05, 0) is 68.8 Å². The van der Waals surface area contributed by atoms with Gasteiger partial charge in [0.15, 0.2) is 0 Å². The first-order valence-corrected chi connectivity index (χ1v) is 8.34. The van der Waals surface area contributed by atoms with E-state index in [1.54, 1.807) is 7.11 Å². The number of methoxy groups -OCH3 is 1. The first kappa shape index (κ1) is 14.9. The summed E-state index contributed by atoms with van der Waals surface area (Å²) in [6.07, 6.45) is 6.79. The van der Waals surface area contributed by atoms with Crippen LogP contribution in [0, 0.1) is 5.41 Å². The molecule has 1 aromatic carbocycles. The van der Waals surface area contributed by atoms with Crippen LogP contribution in [-0.4, -0.2) is 26.2 Å². The summed E-state index contributed by atoms with van der Waals surface area (Å²) < 4.78 is 5.25. The summed E-state index contributed by atoms with van der Waals surface area (Å²) in [5.41, 5.74) is 1.90. The Bertz CT molecular complexity index is 451. The summed E-state index contributed by atoms with van der Waals surface area (Å²) in [4.78, 5) is 0. The molecular weight excluding hydrogens is 260 g/mol. The molecule has 2 aliphatic rings. The Hall–Kier alpha value is -1.06. The fourth-order valence-electron chi connectivity index (χ4n) is 4.21. The summed E-state index contributed by atoms with van der Waals surface area (Å²) >= 11 is 0. The molecule has 2 fully saturated rings. The summed E-state index contributed by atoms with van der Waals surface area (Å²) in [6, 6.07) is 9.56. The SMILES string of the molecule is COc1ccc([C@@H](C)NC2CCCC23CCNCC3)cc1. The number of nitrogens with one attached hydrogen (secondary N) is 2. The van der Waals surface area contributed by atoms with Crippen LogP contribution in [0.25, 0.3) is 0 Å². The van der Waals surface area contributed by atoms with Gasteiger partial charge < -0.3 is 15.4 Å². The van der Waals surface area contributed by atoms with E-state index in [-0.39, 0.29) is 0 Å². The fraction of sp³-hybridized carbons (Fsp3) is 0.667. The van der Waals surface area contributed by atoms with Gasteiger partial charge in [-0.3, -0.25) is 0 Å². The molecule has 1 aliphatic heterocycles. The van der Waals surface area contributed by atoms with Gasteiger partial charge in [0.25, 0.3) is 0 Å². The van der Waals surface area contributed by atoms with Gasteiger partial charge in [-0.2, -0.15) is 0 Å². The zero-order chi connectivity index (χ0) is 14.7. The number of hydrogen-bond acceptors (Lipinski definition) is 3. The minimum atomic E-state index is 0.408. The van der Waals surface area contributed by atoms with Crippen molar-refractivity contribution in [3.8, 4) is 5.75 Å². The highest BCUT2D eigenvalue weighted by Gasteiger charge is 2.43. The van der Waals surface area contributed by atoms with Crippen molar-refractivity contribution < 1.29 is 4.74 Å². The van der Waals surface area contributed by atoms with Crippen LogP contribution in [0.3, 0.4) is 0 Å². The van der Waals surface area contributed by atoms with Crippen LogP contribution in [-0.2, 0) is 0 Å². The van der Waals surface area contributed by atoms with E-state index in [1.165, 1.54) is 50.8 Å². The number of rotatable bonds is 4. The second kappa shape index (κ2) is 6.37. The van der Waals surface area contributed by atoms with Crippen LogP contribution < -0.4 is 15.4 Å². The molecule has 2 atom stereocenters. The average Bonchev–Trinajstić information content (AvgIpc) is 2.90. The fourth-order valence-corrected chi connectivity index (χ4v) is 4.21. The predicted molar refractivity (Wildman–Crippen MR) is 86.7 cm³/mol. The standard InChI is InChI=1S/C18H28N2O/c1-14(15-5-7-16(21-2)8-6-15)20-17-4-3-9-18(17)10-12-19-13-11-18/h5-8,14,17,19-20H,3-4,9-13H2,1-2H3/t14-,17?/m1/s1. The maximum Gasteiger partial charge on any atom is 0.118 e. The lowest BCUT2D eigenvalue weighted by Gasteiger charge is -2.41. The molecule has 116 valence electrons. The van der Waals surface area contributed by atoms with Crippen molar-refractivity contribution in [2.24, 2.45) is 5.41 Å². The van der Waals surface area contributed by atoms with Crippen LogP contribution in [0.5, 0.6) is 5.75 Å². The maximum absolute atomic E-state index is 5.25. The zero-order valence-corrected chi connectivity index (χ0v) is 13.3. The van der Waals surface area contributed by atoms with E-state index >= 15 is 0 Å². The summed E-state index contributed by atoms with van der Waals surface area (Å²) in [5, 5.41) is 7.44. The largest absolute Gasteiger partial charge is 0.497 e. The Balaban J connectivity index is 1.66. The highest BCUT2D eigenvalue weighted by atomic mass is 16.5. The maximum atomic E-state index is 5.25. The van der Waals surface area contributed by atoms with Gasteiger partial charge >= 0.3 is 0 Å². The molecule has 3 heteroatoms. The quantitative estimate of drug-likeness (QED) is 0.892. The van der Waals surface area contributed by atoms with Gasteiger partial charge in [0.05, 0.1) is 7.11 Å². The number of hydrogen-bond donors (Lipinski definition) is 2. The van der Waals surface area contributed by atoms with Gasteiger partial charge in [0, 0.05) is 12.1 Å². The van der Waals surface area contributed by atoms with E-state index in [0.717, 1.165) is 5.75 Å². The smallest absolute Gasteiger partial charge is 0.118 e. The summed E-state index contributed by atoms with van der Waals surface area (Å²) in [6.45, 7) is 4.67. The first-order valence-electron chi connectivity index (χ1n) is 8.34. The molecule has 0 aromatic heterocycles. The Morgan fingerprint density at radius 1 is 1.19 bits per heavy atom. The molecule has 1 aliphatic carbocycles. The first-order chi connectivity index (χ1) is 10.2. The van der Waals surface area contributed by atoms with Gasteiger partial charge in [0.1, 0.15) is 5.75 Å². The summed E-state index contributed by atoms with van der Waals surface area (Å²) in [5.74, 6) is 0.932. The normalized spacial score (nSPS) is 25.9. The van der Waals surface area contributed by atoms with Crippen molar-refractivity contribution in [3.05, 3.63) is 29.8 Å². The lowest BCUT2D eigenvalue weighted by Crippen LogP contribution is -2.48. The second-order valence-electron chi connectivity index (χ2n) is 6.72. The summed E-state index contributed by atoms with van der Waals surface area (Å²) in [7, 11) is 1.72. The van der Waals surface area contributed by atoms with Crippen LogP contribution in [0.4, 0.5) is 0 Å². The Morgan fingerprint density at radius 2 is 1.90 bits per heavy atom. The van der Waals surface area contributed by atoms with Crippen molar-refractivity contribution in [3.63, 3.8) is 0 Å². The van der Waals surface area contributed by atoms with E-state index in [9.17, 15) is 0 Å². The monoisotopic (exact) mass is 288 g/mol. The number of piperidine rings is 1. The molecule has 3 rings (SSSR count). The van der Waals surface area contributed by atoms with Crippen molar-refractivity contribution >= 4 is 0 Å². The molecule has 1 heterocycles. The second-order valence-corrected chi connectivity index (χ2v) is 6.72. The highest BCUT2D eigenvalue weighted by molar-refractivity contribution is 5.29. The van der Waals surface area contributed by atoms with Gasteiger partial charge in [-0.25, -0.2) is 0 Å². The number of ether oxygens (including phenoxy) is 1. The van der Waals surface area contributed by atoms with Crippen molar-refractivity contribution in [2.45, 2.75) is 51.1 Å². The van der Waals surface area contributed by atoms with Crippen molar-refractivity contribution in [1.82, 2.24) is 10.6 Å². The topological polar surface area (TPSA) is 33.3 Å². The van der Waals surface area contributed by atoms with E-state index < -0.39 is 0 Å². The third-order valence-corrected chi connectivity index (χ3v) is 5.57. The van der Waals surface area contributed by atoms with Gasteiger partial charge in [-0.15, -0.1) is 0 Å². The number of benzene rings is 1. The molecule has 0 amide bonds. The van der Waals surface area contributed by atoms with E-state index in [4.69, 9.17) is 4.74 Å². The molecule has 1 unspecified atom stereocenters. The van der Waals surface area contributed by atoms with Crippen molar-refractivity contribution in [2.75, 3.05) is 20.2 Å². The van der Waals surface area contributed by atoms with Crippen molar-refractivity contribution in [1.29, 1.82) is 0 Å². The molecular formula is C18H28N2O. The van der Waals surface area contributed by atoms with Crippen LogP contribution >= 0.6 is 0 Å². The molecule has 0 radical (unpaired) electrons. The molecule has 2 N–H and O–H groups in total. The minimum absolute atomic E-state index is 0.408. The van der Waals surface area contributed by atoms with Crippen LogP contribution in [0.2, 0.25) is 0 Å².